The molecule has 3 nitrogen and oxygen atoms in total. The van der Waals surface area contributed by atoms with Gasteiger partial charge in [0, 0.05) is 22.1 Å². The Morgan fingerprint density at radius 2 is 2.17 bits per heavy atom. The van der Waals surface area contributed by atoms with E-state index in [4.69, 9.17) is 0 Å². The first-order chi connectivity index (χ1) is 8.85. The third-order valence-corrected chi connectivity index (χ3v) is 4.09. The summed E-state index contributed by atoms with van der Waals surface area (Å²) in [6.45, 7) is 5.35. The lowest BCUT2D eigenvalue weighted by Crippen LogP contribution is -2.23. The third kappa shape index (κ3) is 3.15. The van der Waals surface area contributed by atoms with Gasteiger partial charge < -0.3 is 5.32 Å². The first kappa shape index (κ1) is 13.2. The van der Waals surface area contributed by atoms with Crippen LogP contribution in [0.5, 0.6) is 0 Å². The van der Waals surface area contributed by atoms with Crippen LogP contribution in [0.4, 0.5) is 0 Å². The monoisotopic (exact) mass is 261 g/mol. The topological polar surface area (TPSA) is 37.8 Å². The molecule has 0 aliphatic carbocycles. The molecule has 18 heavy (non-hydrogen) atoms. The minimum Gasteiger partial charge on any atom is -0.304 e. The molecule has 0 aromatic carbocycles. The summed E-state index contributed by atoms with van der Waals surface area (Å²) in [5.41, 5.74) is 0.996. The predicted octanol–water partition coefficient (Wildman–Crippen LogP) is 3.19. The number of hydrogen-bond donors (Lipinski definition) is 1. The van der Waals surface area contributed by atoms with Crippen LogP contribution < -0.4 is 5.32 Å². The molecule has 1 unspecified atom stereocenters. The van der Waals surface area contributed by atoms with Crippen LogP contribution >= 0.6 is 11.3 Å². The fraction of sp³-hybridized carbons (Fsp3) is 0.429. The van der Waals surface area contributed by atoms with Crippen molar-refractivity contribution in [2.45, 2.75) is 32.7 Å². The molecule has 0 radical (unpaired) electrons. The summed E-state index contributed by atoms with van der Waals surface area (Å²) in [5.74, 6) is 0. The highest BCUT2D eigenvalue weighted by Gasteiger charge is 2.16. The van der Waals surface area contributed by atoms with Crippen LogP contribution in [0.3, 0.4) is 0 Å². The molecule has 1 atom stereocenters. The summed E-state index contributed by atoms with van der Waals surface area (Å²) in [5, 5.41) is 3.55. The largest absolute Gasteiger partial charge is 0.304 e. The zero-order chi connectivity index (χ0) is 12.8. The van der Waals surface area contributed by atoms with Crippen molar-refractivity contribution in [3.63, 3.8) is 0 Å². The molecule has 2 rings (SSSR count). The molecule has 96 valence electrons. The summed E-state index contributed by atoms with van der Waals surface area (Å²) in [6, 6.07) is 4.58. The highest BCUT2D eigenvalue weighted by Crippen LogP contribution is 2.27. The minimum atomic E-state index is 0.170. The second-order valence-corrected chi connectivity index (χ2v) is 5.37. The Balaban J connectivity index is 2.24. The van der Waals surface area contributed by atoms with Gasteiger partial charge in [0.25, 0.3) is 0 Å². The molecule has 0 bridgehead atoms. The maximum absolute atomic E-state index is 4.43. The van der Waals surface area contributed by atoms with E-state index < -0.39 is 0 Å². The number of hydrogen-bond acceptors (Lipinski definition) is 4. The van der Waals surface area contributed by atoms with Gasteiger partial charge in [0.05, 0.1) is 17.9 Å². The van der Waals surface area contributed by atoms with Gasteiger partial charge in [-0.15, -0.1) is 11.3 Å². The van der Waals surface area contributed by atoms with E-state index in [9.17, 15) is 0 Å². The molecular formula is C14H19N3S. The normalized spacial score (nSPS) is 12.6. The van der Waals surface area contributed by atoms with Crippen LogP contribution in [0.15, 0.2) is 30.7 Å². The number of nitrogens with one attached hydrogen (secondary N) is 1. The van der Waals surface area contributed by atoms with Crippen molar-refractivity contribution < 1.29 is 0 Å². The van der Waals surface area contributed by atoms with E-state index in [0.717, 1.165) is 25.1 Å². The lowest BCUT2D eigenvalue weighted by atomic mass is 10.1. The molecule has 0 aliphatic heterocycles. The van der Waals surface area contributed by atoms with Gasteiger partial charge in [-0.05, 0) is 31.5 Å². The van der Waals surface area contributed by atoms with E-state index in [2.05, 4.69) is 41.3 Å². The average molecular weight is 261 g/mol. The molecular weight excluding hydrogens is 242 g/mol. The van der Waals surface area contributed by atoms with Crippen molar-refractivity contribution >= 4 is 11.3 Å². The second kappa shape index (κ2) is 6.61. The number of aromatic nitrogens is 2. The first-order valence-electron chi connectivity index (χ1n) is 6.43. The number of rotatable bonds is 6. The van der Waals surface area contributed by atoms with E-state index in [-0.39, 0.29) is 6.04 Å². The van der Waals surface area contributed by atoms with Crippen LogP contribution in [-0.2, 0) is 6.42 Å². The quantitative estimate of drug-likeness (QED) is 0.868. The van der Waals surface area contributed by atoms with Crippen molar-refractivity contribution in [1.29, 1.82) is 0 Å². The van der Waals surface area contributed by atoms with E-state index >= 15 is 0 Å². The zero-order valence-electron chi connectivity index (χ0n) is 10.9. The van der Waals surface area contributed by atoms with Gasteiger partial charge in [-0.25, -0.2) is 0 Å². The number of aryl methyl sites for hydroxylation is 1. The van der Waals surface area contributed by atoms with Gasteiger partial charge in [0.15, 0.2) is 0 Å². The van der Waals surface area contributed by atoms with Crippen LogP contribution in [0, 0.1) is 0 Å². The van der Waals surface area contributed by atoms with Gasteiger partial charge in [-0.2, -0.15) is 0 Å². The summed E-state index contributed by atoms with van der Waals surface area (Å²) in [6.07, 6.45) is 7.52. The second-order valence-electron chi connectivity index (χ2n) is 4.18. The third-order valence-electron chi connectivity index (χ3n) is 2.79. The fourth-order valence-corrected chi connectivity index (χ4v) is 2.88. The minimum absolute atomic E-state index is 0.170. The Labute approximate surface area is 112 Å². The van der Waals surface area contributed by atoms with Gasteiger partial charge in [-0.3, -0.25) is 9.97 Å². The molecule has 2 heterocycles. The van der Waals surface area contributed by atoms with E-state index in [1.807, 2.05) is 17.5 Å². The molecule has 1 N–H and O–H groups in total. The van der Waals surface area contributed by atoms with Crippen LogP contribution in [0.25, 0.3) is 0 Å². The maximum Gasteiger partial charge on any atom is 0.0860 e. The van der Waals surface area contributed by atoms with Crippen molar-refractivity contribution in [3.05, 3.63) is 46.2 Å². The molecule has 0 aliphatic rings. The molecule has 0 saturated heterocycles. The number of nitrogens with zero attached hydrogens (tertiary/aromatic N) is 2. The molecule has 0 spiro atoms. The number of thiophene rings is 1. The van der Waals surface area contributed by atoms with Crippen LogP contribution in [-0.4, -0.2) is 16.5 Å². The lowest BCUT2D eigenvalue weighted by molar-refractivity contribution is 0.591. The highest BCUT2D eigenvalue weighted by atomic mass is 32.1. The molecule has 2 aromatic rings. The van der Waals surface area contributed by atoms with E-state index in [0.29, 0.717) is 0 Å². The molecule has 4 heteroatoms. The van der Waals surface area contributed by atoms with Crippen molar-refractivity contribution in [2.75, 3.05) is 6.54 Å². The Morgan fingerprint density at radius 1 is 1.28 bits per heavy atom. The summed E-state index contributed by atoms with van der Waals surface area (Å²) >= 11 is 1.86. The molecule has 0 saturated carbocycles. The Kier molecular flexibility index (Phi) is 4.84. The van der Waals surface area contributed by atoms with Crippen molar-refractivity contribution in [2.24, 2.45) is 0 Å². The van der Waals surface area contributed by atoms with E-state index in [1.54, 1.807) is 12.4 Å². The van der Waals surface area contributed by atoms with Crippen molar-refractivity contribution in [1.82, 2.24) is 15.3 Å². The summed E-state index contributed by atoms with van der Waals surface area (Å²) < 4.78 is 0. The van der Waals surface area contributed by atoms with E-state index in [1.165, 1.54) is 9.75 Å². The fourth-order valence-electron chi connectivity index (χ4n) is 1.84. The Morgan fingerprint density at radius 3 is 2.78 bits per heavy atom. The molecule has 0 fully saturated rings. The Bertz CT molecular complexity index is 467. The van der Waals surface area contributed by atoms with Crippen molar-refractivity contribution in [3.8, 4) is 0 Å². The first-order valence-corrected chi connectivity index (χ1v) is 7.24. The van der Waals surface area contributed by atoms with Crippen LogP contribution in [0.1, 0.15) is 41.8 Å². The smallest absolute Gasteiger partial charge is 0.0860 e. The molecule has 2 aromatic heterocycles. The predicted molar refractivity (Wildman–Crippen MR) is 75.9 cm³/mol. The summed E-state index contributed by atoms with van der Waals surface area (Å²) in [4.78, 5) is 11.3. The Hall–Kier alpha value is -1.26. The lowest BCUT2D eigenvalue weighted by Gasteiger charge is -2.16. The summed E-state index contributed by atoms with van der Waals surface area (Å²) in [7, 11) is 0. The molecule has 0 amide bonds. The van der Waals surface area contributed by atoms with Gasteiger partial charge in [0.1, 0.15) is 0 Å². The van der Waals surface area contributed by atoms with Gasteiger partial charge in [-0.1, -0.05) is 13.8 Å². The standard InChI is InChI=1S/C14H19N3S/c1-3-7-17-14(12-10-15-8-9-16-12)13-6-5-11(4-2)18-13/h5-6,8-10,14,17H,3-4,7H2,1-2H3. The highest BCUT2D eigenvalue weighted by molar-refractivity contribution is 7.12. The SMILES string of the molecule is CCCNC(c1cnccn1)c1ccc(CC)s1. The van der Waals surface area contributed by atoms with Gasteiger partial charge >= 0.3 is 0 Å². The average Bonchev–Trinajstić information content (AvgIpc) is 2.89. The maximum atomic E-state index is 4.43. The van der Waals surface area contributed by atoms with Crippen LogP contribution in [0.2, 0.25) is 0 Å². The zero-order valence-corrected chi connectivity index (χ0v) is 11.7. The van der Waals surface area contributed by atoms with Gasteiger partial charge in [0.2, 0.25) is 0 Å².